The standard InChI is InChI=1S/C8H11NO/c10-8(6-3-4-6)7-2-1-5-9-7/h1-2,6-7,9H,3-5H2. The molecule has 0 bridgehead atoms. The Balaban J connectivity index is 1.96. The number of ketones is 1. The molecule has 0 radical (unpaired) electrons. The Morgan fingerprint density at radius 3 is 2.80 bits per heavy atom. The van der Waals surface area contributed by atoms with Gasteiger partial charge in [-0.25, -0.2) is 0 Å². The second kappa shape index (κ2) is 2.20. The lowest BCUT2D eigenvalue weighted by Crippen LogP contribution is -2.31. The molecule has 1 atom stereocenters. The first kappa shape index (κ1) is 6.10. The summed E-state index contributed by atoms with van der Waals surface area (Å²) in [6.45, 7) is 0.864. The van der Waals surface area contributed by atoms with Gasteiger partial charge in [0.05, 0.1) is 6.04 Å². The zero-order valence-electron chi connectivity index (χ0n) is 5.84. The predicted octanol–water partition coefficient (Wildman–Crippen LogP) is 0.493. The van der Waals surface area contributed by atoms with Gasteiger partial charge in [-0.05, 0) is 12.8 Å². The Kier molecular flexibility index (Phi) is 1.34. The van der Waals surface area contributed by atoms with E-state index >= 15 is 0 Å². The third-order valence-corrected chi connectivity index (χ3v) is 2.07. The van der Waals surface area contributed by atoms with E-state index < -0.39 is 0 Å². The van der Waals surface area contributed by atoms with E-state index in [2.05, 4.69) is 5.32 Å². The van der Waals surface area contributed by atoms with Crippen LogP contribution < -0.4 is 5.32 Å². The first-order valence-electron chi connectivity index (χ1n) is 3.82. The van der Waals surface area contributed by atoms with Crippen LogP contribution in [0, 0.1) is 5.92 Å². The van der Waals surface area contributed by atoms with Gasteiger partial charge in [0.15, 0.2) is 5.78 Å². The Morgan fingerprint density at radius 1 is 1.50 bits per heavy atom. The van der Waals surface area contributed by atoms with Crippen LogP contribution in [0.25, 0.3) is 0 Å². The van der Waals surface area contributed by atoms with Gasteiger partial charge < -0.3 is 5.32 Å². The Hall–Kier alpha value is -0.630. The number of nitrogens with one attached hydrogen (secondary N) is 1. The molecular weight excluding hydrogens is 126 g/mol. The highest BCUT2D eigenvalue weighted by molar-refractivity contribution is 5.90. The summed E-state index contributed by atoms with van der Waals surface area (Å²) in [5, 5.41) is 3.12. The van der Waals surface area contributed by atoms with Crippen LogP contribution in [-0.4, -0.2) is 18.4 Å². The molecule has 1 N–H and O–H groups in total. The van der Waals surface area contributed by atoms with Crippen molar-refractivity contribution in [3.05, 3.63) is 12.2 Å². The first-order chi connectivity index (χ1) is 4.88. The van der Waals surface area contributed by atoms with Crippen molar-refractivity contribution in [3.8, 4) is 0 Å². The fourth-order valence-electron chi connectivity index (χ4n) is 1.28. The first-order valence-corrected chi connectivity index (χ1v) is 3.82. The van der Waals surface area contributed by atoms with Crippen LogP contribution in [0.2, 0.25) is 0 Å². The van der Waals surface area contributed by atoms with Gasteiger partial charge in [-0.2, -0.15) is 0 Å². The minimum atomic E-state index is 0.0486. The number of carbonyl (C=O) groups excluding carboxylic acids is 1. The minimum absolute atomic E-state index is 0.0486. The monoisotopic (exact) mass is 137 g/mol. The lowest BCUT2D eigenvalue weighted by molar-refractivity contribution is -0.121. The number of hydrogen-bond donors (Lipinski definition) is 1. The SMILES string of the molecule is O=C(C1CC1)C1C=CCN1. The van der Waals surface area contributed by atoms with E-state index in [0.29, 0.717) is 11.7 Å². The molecule has 2 rings (SSSR count). The van der Waals surface area contributed by atoms with Crippen molar-refractivity contribution in [3.63, 3.8) is 0 Å². The van der Waals surface area contributed by atoms with Gasteiger partial charge in [-0.1, -0.05) is 12.2 Å². The molecule has 0 aromatic heterocycles. The zero-order valence-corrected chi connectivity index (χ0v) is 5.84. The van der Waals surface area contributed by atoms with Crippen LogP contribution in [0.1, 0.15) is 12.8 Å². The predicted molar refractivity (Wildman–Crippen MR) is 38.7 cm³/mol. The van der Waals surface area contributed by atoms with E-state index in [9.17, 15) is 4.79 Å². The van der Waals surface area contributed by atoms with Crippen molar-refractivity contribution in [2.24, 2.45) is 5.92 Å². The highest BCUT2D eigenvalue weighted by Gasteiger charge is 2.34. The van der Waals surface area contributed by atoms with Gasteiger partial charge in [0.2, 0.25) is 0 Å². The minimum Gasteiger partial charge on any atom is -0.301 e. The molecule has 2 heteroatoms. The molecule has 1 aliphatic carbocycles. The fourth-order valence-corrected chi connectivity index (χ4v) is 1.28. The molecule has 10 heavy (non-hydrogen) atoms. The molecule has 1 heterocycles. The van der Waals surface area contributed by atoms with Crippen molar-refractivity contribution in [1.82, 2.24) is 5.32 Å². The molecule has 2 aliphatic rings. The van der Waals surface area contributed by atoms with Crippen molar-refractivity contribution in [2.75, 3.05) is 6.54 Å². The molecule has 1 unspecified atom stereocenters. The number of hydrogen-bond acceptors (Lipinski definition) is 2. The summed E-state index contributed by atoms with van der Waals surface area (Å²) in [7, 11) is 0. The van der Waals surface area contributed by atoms with Gasteiger partial charge in [0.25, 0.3) is 0 Å². The maximum absolute atomic E-state index is 11.3. The average molecular weight is 137 g/mol. The molecule has 0 spiro atoms. The molecule has 54 valence electrons. The van der Waals surface area contributed by atoms with Crippen LogP contribution >= 0.6 is 0 Å². The van der Waals surface area contributed by atoms with E-state index in [-0.39, 0.29) is 6.04 Å². The van der Waals surface area contributed by atoms with Crippen LogP contribution in [0.15, 0.2) is 12.2 Å². The maximum Gasteiger partial charge on any atom is 0.156 e. The molecule has 1 saturated carbocycles. The van der Waals surface area contributed by atoms with Crippen molar-refractivity contribution < 1.29 is 4.79 Å². The smallest absolute Gasteiger partial charge is 0.156 e. The van der Waals surface area contributed by atoms with Crippen molar-refractivity contribution in [2.45, 2.75) is 18.9 Å². The molecule has 0 aromatic rings. The normalized spacial score (nSPS) is 31.0. The molecule has 0 saturated heterocycles. The van der Waals surface area contributed by atoms with Crippen LogP contribution in [0.3, 0.4) is 0 Å². The van der Waals surface area contributed by atoms with E-state index in [1.165, 1.54) is 0 Å². The van der Waals surface area contributed by atoms with Crippen molar-refractivity contribution >= 4 is 5.78 Å². The summed E-state index contributed by atoms with van der Waals surface area (Å²) in [5.74, 6) is 0.786. The van der Waals surface area contributed by atoms with E-state index in [4.69, 9.17) is 0 Å². The lowest BCUT2D eigenvalue weighted by Gasteiger charge is -2.04. The van der Waals surface area contributed by atoms with Crippen LogP contribution in [0.5, 0.6) is 0 Å². The van der Waals surface area contributed by atoms with Gasteiger partial charge >= 0.3 is 0 Å². The second-order valence-electron chi connectivity index (χ2n) is 2.99. The molecule has 2 nitrogen and oxygen atoms in total. The zero-order chi connectivity index (χ0) is 6.97. The van der Waals surface area contributed by atoms with Gasteiger partial charge in [0.1, 0.15) is 0 Å². The quantitative estimate of drug-likeness (QED) is 0.561. The topological polar surface area (TPSA) is 29.1 Å². The van der Waals surface area contributed by atoms with Gasteiger partial charge in [0, 0.05) is 12.5 Å². The third-order valence-electron chi connectivity index (χ3n) is 2.07. The summed E-state index contributed by atoms with van der Waals surface area (Å²) in [6.07, 6.45) is 6.22. The summed E-state index contributed by atoms with van der Waals surface area (Å²) < 4.78 is 0. The Morgan fingerprint density at radius 2 is 2.30 bits per heavy atom. The number of carbonyl (C=O) groups is 1. The molecule has 0 aromatic carbocycles. The number of Topliss-reactive ketones (excluding diaryl/α,β-unsaturated/α-hetero) is 1. The number of rotatable bonds is 2. The van der Waals surface area contributed by atoms with Gasteiger partial charge in [-0.3, -0.25) is 4.79 Å². The summed E-state index contributed by atoms with van der Waals surface area (Å²) in [4.78, 5) is 11.3. The van der Waals surface area contributed by atoms with E-state index in [1.807, 2.05) is 12.2 Å². The average Bonchev–Trinajstić information content (AvgIpc) is 2.65. The summed E-state index contributed by atoms with van der Waals surface area (Å²) in [5.41, 5.74) is 0. The maximum atomic E-state index is 11.3. The van der Waals surface area contributed by atoms with Gasteiger partial charge in [-0.15, -0.1) is 0 Å². The molecule has 1 fully saturated rings. The van der Waals surface area contributed by atoms with E-state index in [0.717, 1.165) is 19.4 Å². The Bertz CT molecular complexity index is 182. The lowest BCUT2D eigenvalue weighted by atomic mass is 10.1. The van der Waals surface area contributed by atoms with E-state index in [1.54, 1.807) is 0 Å². The molecule has 1 aliphatic heterocycles. The van der Waals surface area contributed by atoms with Crippen molar-refractivity contribution in [1.29, 1.82) is 0 Å². The highest BCUT2D eigenvalue weighted by atomic mass is 16.1. The van der Waals surface area contributed by atoms with Crippen LogP contribution in [-0.2, 0) is 4.79 Å². The highest BCUT2D eigenvalue weighted by Crippen LogP contribution is 2.31. The third kappa shape index (κ3) is 0.991. The second-order valence-corrected chi connectivity index (χ2v) is 2.99. The Labute approximate surface area is 60.3 Å². The largest absolute Gasteiger partial charge is 0.301 e. The fraction of sp³-hybridized carbons (Fsp3) is 0.625. The van der Waals surface area contributed by atoms with Crippen LogP contribution in [0.4, 0.5) is 0 Å². The molecular formula is C8H11NO. The summed E-state index contributed by atoms with van der Waals surface area (Å²) >= 11 is 0. The summed E-state index contributed by atoms with van der Waals surface area (Å²) in [6, 6.07) is 0.0486. The molecule has 0 amide bonds.